The Morgan fingerprint density at radius 3 is 2.44 bits per heavy atom. The average molecular weight is 549 g/mol. The van der Waals surface area contributed by atoms with Crippen LogP contribution < -0.4 is 0 Å². The lowest BCUT2D eigenvalue weighted by Gasteiger charge is -2.58. The van der Waals surface area contributed by atoms with E-state index in [0.717, 1.165) is 54.8 Å². The first-order valence-electron chi connectivity index (χ1n) is 16.1. The second kappa shape index (κ2) is 11.6. The number of hydrogen-bond acceptors (Lipinski definition) is 6. The summed E-state index contributed by atoms with van der Waals surface area (Å²) in [7, 11) is 0. The van der Waals surface area contributed by atoms with Gasteiger partial charge in [-0.3, -0.25) is 0 Å². The van der Waals surface area contributed by atoms with Gasteiger partial charge in [0.05, 0.1) is 12.7 Å². The van der Waals surface area contributed by atoms with Crippen molar-refractivity contribution >= 4 is 0 Å². The number of aliphatic hydroxyl groups is 4. The van der Waals surface area contributed by atoms with Crippen LogP contribution in [0.15, 0.2) is 11.6 Å². The Labute approximate surface area is 236 Å². The van der Waals surface area contributed by atoms with Crippen molar-refractivity contribution in [1.82, 2.24) is 0 Å². The molecule has 0 aromatic rings. The van der Waals surface area contributed by atoms with Crippen LogP contribution in [0.4, 0.5) is 0 Å². The van der Waals surface area contributed by atoms with Crippen LogP contribution >= 0.6 is 0 Å². The molecule has 1 heterocycles. The lowest BCUT2D eigenvalue weighted by atomic mass is 9.47. The minimum atomic E-state index is -1.39. The fourth-order valence-electron chi connectivity index (χ4n) is 10.1. The zero-order valence-electron chi connectivity index (χ0n) is 25.1. The fourth-order valence-corrected chi connectivity index (χ4v) is 10.1. The SMILES string of the molecule is CC(C)CCC[C@@H](C)[C@H]1CC[C@H]2[C@@H]3CC=C4CC(OC5O[C@H](CO)[C@@H](O)[C@H](O)[C@H]5O)CC[C@]4(C)[C@H]3CC[C@]12C. The molecule has 4 fully saturated rings. The number of ether oxygens (including phenoxy) is 2. The van der Waals surface area contributed by atoms with Gasteiger partial charge >= 0.3 is 0 Å². The highest BCUT2D eigenvalue weighted by Gasteiger charge is 2.59. The molecule has 0 aromatic carbocycles. The second-order valence-corrected chi connectivity index (χ2v) is 15.0. The number of rotatable bonds is 8. The molecule has 13 atom stereocenters. The number of hydrogen-bond donors (Lipinski definition) is 4. The van der Waals surface area contributed by atoms with Gasteiger partial charge < -0.3 is 29.9 Å². The molecule has 39 heavy (non-hydrogen) atoms. The Morgan fingerprint density at radius 2 is 1.72 bits per heavy atom. The summed E-state index contributed by atoms with van der Waals surface area (Å²) in [4.78, 5) is 0. The third-order valence-electron chi connectivity index (χ3n) is 12.4. The molecule has 0 spiro atoms. The van der Waals surface area contributed by atoms with E-state index in [1.54, 1.807) is 0 Å². The monoisotopic (exact) mass is 548 g/mol. The average Bonchev–Trinajstić information content (AvgIpc) is 3.26. The standard InChI is InChI=1S/C33H56O6/c1-19(2)7-6-8-20(3)24-11-12-25-23-10-9-21-17-22(13-15-32(21,4)26(23)14-16-33(24,25)5)38-31-30(37)29(36)28(35)27(18-34)39-31/h9,19-20,22-31,34-37H,6-8,10-18H2,1-5H3/t20-,22?,23+,24-,25+,26+,27-,28-,29+,30-,31?,32+,33-/m1/s1. The molecule has 0 radical (unpaired) electrons. The number of allylic oxidation sites excluding steroid dienone is 1. The van der Waals surface area contributed by atoms with Gasteiger partial charge in [-0.1, -0.05) is 65.5 Å². The highest BCUT2D eigenvalue weighted by molar-refractivity contribution is 5.25. The summed E-state index contributed by atoms with van der Waals surface area (Å²) in [5.41, 5.74) is 2.20. The van der Waals surface area contributed by atoms with Crippen molar-refractivity contribution in [2.24, 2.45) is 46.3 Å². The molecule has 5 aliphatic rings. The zero-order valence-corrected chi connectivity index (χ0v) is 25.1. The Balaban J connectivity index is 1.24. The van der Waals surface area contributed by atoms with E-state index in [4.69, 9.17) is 9.47 Å². The van der Waals surface area contributed by atoms with E-state index in [-0.39, 0.29) is 11.5 Å². The third kappa shape index (κ3) is 5.41. The van der Waals surface area contributed by atoms with Gasteiger partial charge in [0.25, 0.3) is 0 Å². The van der Waals surface area contributed by atoms with Crippen molar-refractivity contribution in [2.75, 3.05) is 6.61 Å². The molecular formula is C33H56O6. The van der Waals surface area contributed by atoms with Gasteiger partial charge in [0.2, 0.25) is 0 Å². The predicted molar refractivity (Wildman–Crippen MR) is 152 cm³/mol. The molecular weight excluding hydrogens is 492 g/mol. The molecule has 4 N–H and O–H groups in total. The first-order valence-corrected chi connectivity index (χ1v) is 16.1. The molecule has 6 heteroatoms. The van der Waals surface area contributed by atoms with Crippen molar-refractivity contribution in [3.8, 4) is 0 Å². The highest BCUT2D eigenvalue weighted by Crippen LogP contribution is 2.67. The minimum absolute atomic E-state index is 0.0984. The van der Waals surface area contributed by atoms with Crippen molar-refractivity contribution < 1.29 is 29.9 Å². The Hall–Kier alpha value is -0.500. The maximum atomic E-state index is 10.5. The van der Waals surface area contributed by atoms with Crippen LogP contribution in [0.1, 0.15) is 105 Å². The zero-order chi connectivity index (χ0) is 28.1. The maximum Gasteiger partial charge on any atom is 0.186 e. The first kappa shape index (κ1) is 30.0. The third-order valence-corrected chi connectivity index (χ3v) is 12.4. The van der Waals surface area contributed by atoms with E-state index in [2.05, 4.69) is 40.7 Å². The van der Waals surface area contributed by atoms with Crippen LogP contribution in [0.2, 0.25) is 0 Å². The maximum absolute atomic E-state index is 10.5. The lowest BCUT2D eigenvalue weighted by Crippen LogP contribution is -2.60. The minimum Gasteiger partial charge on any atom is -0.394 e. The quantitative estimate of drug-likeness (QED) is 0.311. The number of fused-ring (bicyclic) bond motifs is 5. The van der Waals surface area contributed by atoms with Gasteiger partial charge in [-0.25, -0.2) is 0 Å². The van der Waals surface area contributed by atoms with E-state index in [0.29, 0.717) is 5.41 Å². The van der Waals surface area contributed by atoms with Crippen LogP contribution in [0.25, 0.3) is 0 Å². The molecule has 5 rings (SSSR count). The summed E-state index contributed by atoms with van der Waals surface area (Å²) < 4.78 is 11.9. The smallest absolute Gasteiger partial charge is 0.186 e. The number of aliphatic hydroxyl groups excluding tert-OH is 4. The first-order chi connectivity index (χ1) is 18.5. The molecule has 4 aliphatic carbocycles. The van der Waals surface area contributed by atoms with Crippen LogP contribution in [0, 0.1) is 46.3 Å². The largest absolute Gasteiger partial charge is 0.394 e. The molecule has 224 valence electrons. The van der Waals surface area contributed by atoms with Gasteiger partial charge in [-0.2, -0.15) is 0 Å². The van der Waals surface area contributed by atoms with E-state index >= 15 is 0 Å². The molecule has 1 aliphatic heterocycles. The van der Waals surface area contributed by atoms with E-state index in [1.165, 1.54) is 56.9 Å². The Kier molecular flexibility index (Phi) is 8.95. The predicted octanol–water partition coefficient (Wildman–Crippen LogP) is 5.21. The normalized spacial score (nSPS) is 48.7. The van der Waals surface area contributed by atoms with Gasteiger partial charge in [-0.15, -0.1) is 0 Å². The van der Waals surface area contributed by atoms with Gasteiger partial charge in [0.1, 0.15) is 24.4 Å². The van der Waals surface area contributed by atoms with Crippen molar-refractivity contribution in [2.45, 2.75) is 142 Å². The molecule has 6 nitrogen and oxygen atoms in total. The van der Waals surface area contributed by atoms with Crippen LogP contribution in [0.5, 0.6) is 0 Å². The molecule has 2 unspecified atom stereocenters. The van der Waals surface area contributed by atoms with Crippen molar-refractivity contribution in [3.05, 3.63) is 11.6 Å². The van der Waals surface area contributed by atoms with Gasteiger partial charge in [0.15, 0.2) is 6.29 Å². The van der Waals surface area contributed by atoms with Crippen molar-refractivity contribution in [3.63, 3.8) is 0 Å². The summed E-state index contributed by atoms with van der Waals surface area (Å²) in [6.45, 7) is 12.0. The van der Waals surface area contributed by atoms with Gasteiger partial charge in [-0.05, 0) is 97.7 Å². The molecule has 3 saturated carbocycles. The summed E-state index contributed by atoms with van der Waals surface area (Å²) in [6, 6.07) is 0. The Bertz CT molecular complexity index is 872. The van der Waals surface area contributed by atoms with Gasteiger partial charge in [0, 0.05) is 0 Å². The van der Waals surface area contributed by atoms with Crippen molar-refractivity contribution in [1.29, 1.82) is 0 Å². The van der Waals surface area contributed by atoms with Crippen LogP contribution in [-0.2, 0) is 9.47 Å². The summed E-state index contributed by atoms with van der Waals surface area (Å²) in [5, 5.41) is 40.3. The van der Waals surface area contributed by atoms with E-state index < -0.39 is 37.3 Å². The topological polar surface area (TPSA) is 99.4 Å². The van der Waals surface area contributed by atoms with Crippen LogP contribution in [-0.4, -0.2) is 63.8 Å². The molecule has 0 bridgehead atoms. The summed E-state index contributed by atoms with van der Waals surface area (Å²) >= 11 is 0. The Morgan fingerprint density at radius 1 is 0.949 bits per heavy atom. The second-order valence-electron chi connectivity index (χ2n) is 15.0. The summed E-state index contributed by atoms with van der Waals surface area (Å²) in [6.07, 6.45) is 9.98. The van der Waals surface area contributed by atoms with E-state index in [9.17, 15) is 20.4 Å². The van der Waals surface area contributed by atoms with E-state index in [1.807, 2.05) is 0 Å². The fraction of sp³-hybridized carbons (Fsp3) is 0.939. The molecule has 0 amide bonds. The highest BCUT2D eigenvalue weighted by atomic mass is 16.7. The summed E-state index contributed by atoms with van der Waals surface area (Å²) in [5.74, 6) is 4.87. The lowest BCUT2D eigenvalue weighted by molar-refractivity contribution is -0.313. The molecule has 1 saturated heterocycles. The van der Waals surface area contributed by atoms with Crippen LogP contribution in [0.3, 0.4) is 0 Å². The molecule has 0 aromatic heterocycles.